The summed E-state index contributed by atoms with van der Waals surface area (Å²) in [5.41, 5.74) is 5.49. The van der Waals surface area contributed by atoms with E-state index in [9.17, 15) is 0 Å². The SMILES string of the molecule is CCC1=Nc2ccccc2CN=C1c1ccccc1. The monoisotopic (exact) mass is 248 g/mol. The summed E-state index contributed by atoms with van der Waals surface area (Å²) in [5.74, 6) is 0. The van der Waals surface area contributed by atoms with Crippen molar-refractivity contribution in [3.63, 3.8) is 0 Å². The third-order valence-electron chi connectivity index (χ3n) is 3.31. The smallest absolute Gasteiger partial charge is 0.0865 e. The number of fused-ring (bicyclic) bond motifs is 1. The van der Waals surface area contributed by atoms with Gasteiger partial charge in [-0.25, -0.2) is 0 Å². The van der Waals surface area contributed by atoms with Crippen LogP contribution in [0.5, 0.6) is 0 Å². The van der Waals surface area contributed by atoms with Crippen LogP contribution in [0.25, 0.3) is 0 Å². The van der Waals surface area contributed by atoms with E-state index in [1.54, 1.807) is 0 Å². The summed E-state index contributed by atoms with van der Waals surface area (Å²) in [6.07, 6.45) is 0.891. The summed E-state index contributed by atoms with van der Waals surface area (Å²) in [4.78, 5) is 9.57. The highest BCUT2D eigenvalue weighted by molar-refractivity contribution is 6.48. The van der Waals surface area contributed by atoms with Gasteiger partial charge in [0.1, 0.15) is 0 Å². The van der Waals surface area contributed by atoms with Crippen LogP contribution < -0.4 is 0 Å². The molecule has 0 unspecified atom stereocenters. The molecule has 1 heterocycles. The van der Waals surface area contributed by atoms with Gasteiger partial charge in [-0.2, -0.15) is 0 Å². The first-order valence-corrected chi connectivity index (χ1v) is 6.64. The van der Waals surface area contributed by atoms with Gasteiger partial charge in [-0.1, -0.05) is 55.5 Å². The second-order valence-corrected chi connectivity index (χ2v) is 4.57. The van der Waals surface area contributed by atoms with Gasteiger partial charge in [0.25, 0.3) is 0 Å². The Labute approximate surface area is 113 Å². The summed E-state index contributed by atoms with van der Waals surface area (Å²) in [6.45, 7) is 2.83. The van der Waals surface area contributed by atoms with Crippen molar-refractivity contribution in [2.24, 2.45) is 9.98 Å². The Hall–Kier alpha value is -2.22. The molecule has 2 nitrogen and oxygen atoms in total. The minimum absolute atomic E-state index is 0.702. The predicted octanol–water partition coefficient (Wildman–Crippen LogP) is 4.17. The van der Waals surface area contributed by atoms with Crippen LogP contribution in [0.15, 0.2) is 64.6 Å². The van der Waals surface area contributed by atoms with Crippen LogP contribution in [0.1, 0.15) is 24.5 Å². The molecule has 0 saturated carbocycles. The molecule has 2 aromatic carbocycles. The van der Waals surface area contributed by atoms with E-state index in [2.05, 4.69) is 31.2 Å². The molecule has 0 bridgehead atoms. The van der Waals surface area contributed by atoms with Crippen LogP contribution in [0.2, 0.25) is 0 Å². The zero-order chi connectivity index (χ0) is 13.1. The Bertz CT molecular complexity index is 639. The number of benzene rings is 2. The Morgan fingerprint density at radius 1 is 0.947 bits per heavy atom. The highest BCUT2D eigenvalue weighted by Crippen LogP contribution is 2.24. The molecule has 0 fully saturated rings. The van der Waals surface area contributed by atoms with E-state index < -0.39 is 0 Å². The van der Waals surface area contributed by atoms with E-state index in [0.29, 0.717) is 6.54 Å². The standard InChI is InChI=1S/C17H16N2/c1-2-15-17(13-8-4-3-5-9-13)18-12-14-10-6-7-11-16(14)19-15/h3-11H,2,12H2,1H3. The van der Waals surface area contributed by atoms with Crippen LogP contribution in [-0.4, -0.2) is 11.4 Å². The number of para-hydroxylation sites is 1. The fourth-order valence-corrected chi connectivity index (χ4v) is 2.31. The third kappa shape index (κ3) is 2.34. The zero-order valence-corrected chi connectivity index (χ0v) is 11.0. The van der Waals surface area contributed by atoms with Gasteiger partial charge in [-0.15, -0.1) is 0 Å². The maximum Gasteiger partial charge on any atom is 0.0865 e. The minimum atomic E-state index is 0.702. The Balaban J connectivity index is 2.10. The van der Waals surface area contributed by atoms with E-state index in [-0.39, 0.29) is 0 Å². The van der Waals surface area contributed by atoms with Crippen LogP contribution in [0.3, 0.4) is 0 Å². The summed E-state index contributed by atoms with van der Waals surface area (Å²) in [6, 6.07) is 18.6. The van der Waals surface area contributed by atoms with Crippen molar-refractivity contribution < 1.29 is 0 Å². The fourth-order valence-electron chi connectivity index (χ4n) is 2.31. The Morgan fingerprint density at radius 3 is 2.47 bits per heavy atom. The first-order chi connectivity index (χ1) is 9.38. The van der Waals surface area contributed by atoms with Crippen LogP contribution in [-0.2, 0) is 6.54 Å². The van der Waals surface area contributed by atoms with E-state index in [1.165, 1.54) is 5.56 Å². The summed E-state index contributed by atoms with van der Waals surface area (Å²) in [5, 5.41) is 0. The zero-order valence-electron chi connectivity index (χ0n) is 11.0. The van der Waals surface area contributed by atoms with Crippen molar-refractivity contribution in [2.75, 3.05) is 0 Å². The predicted molar refractivity (Wildman–Crippen MR) is 80.5 cm³/mol. The van der Waals surface area contributed by atoms with Gasteiger partial charge in [0.15, 0.2) is 0 Å². The topological polar surface area (TPSA) is 24.7 Å². The molecular weight excluding hydrogens is 232 g/mol. The lowest BCUT2D eigenvalue weighted by Crippen LogP contribution is -2.14. The van der Waals surface area contributed by atoms with Crippen molar-refractivity contribution in [2.45, 2.75) is 19.9 Å². The molecule has 94 valence electrons. The molecule has 2 aromatic rings. The molecule has 0 N–H and O–H groups in total. The second-order valence-electron chi connectivity index (χ2n) is 4.57. The first-order valence-electron chi connectivity index (χ1n) is 6.64. The second kappa shape index (κ2) is 5.19. The molecule has 0 saturated heterocycles. The van der Waals surface area contributed by atoms with Gasteiger partial charge in [0.2, 0.25) is 0 Å². The summed E-state index contributed by atoms with van der Waals surface area (Å²) >= 11 is 0. The number of rotatable bonds is 2. The van der Waals surface area contributed by atoms with Crippen LogP contribution in [0, 0.1) is 0 Å². The van der Waals surface area contributed by atoms with Gasteiger partial charge in [0, 0.05) is 5.56 Å². The van der Waals surface area contributed by atoms with E-state index in [1.807, 2.05) is 30.3 Å². The molecule has 1 aliphatic heterocycles. The highest BCUT2D eigenvalue weighted by atomic mass is 14.9. The number of hydrogen-bond donors (Lipinski definition) is 0. The minimum Gasteiger partial charge on any atom is -0.278 e. The van der Waals surface area contributed by atoms with Crippen LogP contribution >= 0.6 is 0 Å². The average Bonchev–Trinajstić information content (AvgIpc) is 2.67. The van der Waals surface area contributed by atoms with Gasteiger partial charge in [-0.3, -0.25) is 9.98 Å². The lowest BCUT2D eigenvalue weighted by molar-refractivity contribution is 1.08. The normalized spacial score (nSPS) is 14.2. The number of aliphatic imine (C=N–C) groups is 2. The third-order valence-corrected chi connectivity index (χ3v) is 3.31. The molecule has 2 heteroatoms. The van der Waals surface area contributed by atoms with E-state index in [0.717, 1.165) is 29.1 Å². The molecular formula is C17H16N2. The van der Waals surface area contributed by atoms with Gasteiger partial charge in [-0.05, 0) is 18.1 Å². The maximum atomic E-state index is 4.80. The lowest BCUT2D eigenvalue weighted by Gasteiger charge is -2.06. The van der Waals surface area contributed by atoms with Gasteiger partial charge in [0.05, 0.1) is 23.7 Å². The average molecular weight is 248 g/mol. The van der Waals surface area contributed by atoms with Gasteiger partial charge >= 0.3 is 0 Å². The summed E-state index contributed by atoms with van der Waals surface area (Å²) in [7, 11) is 0. The Morgan fingerprint density at radius 2 is 1.68 bits per heavy atom. The number of nitrogens with zero attached hydrogens (tertiary/aromatic N) is 2. The summed E-state index contributed by atoms with van der Waals surface area (Å²) < 4.78 is 0. The van der Waals surface area contributed by atoms with Gasteiger partial charge < -0.3 is 0 Å². The maximum absolute atomic E-state index is 4.80. The van der Waals surface area contributed by atoms with Crippen molar-refractivity contribution in [1.29, 1.82) is 0 Å². The van der Waals surface area contributed by atoms with Crippen LogP contribution in [0.4, 0.5) is 5.69 Å². The molecule has 3 rings (SSSR count). The largest absolute Gasteiger partial charge is 0.278 e. The Kier molecular flexibility index (Phi) is 3.23. The molecule has 0 amide bonds. The molecule has 19 heavy (non-hydrogen) atoms. The fraction of sp³-hybridized carbons (Fsp3) is 0.176. The highest BCUT2D eigenvalue weighted by Gasteiger charge is 2.14. The molecule has 0 radical (unpaired) electrons. The molecule has 1 aliphatic rings. The molecule has 0 spiro atoms. The number of hydrogen-bond acceptors (Lipinski definition) is 2. The first kappa shape index (κ1) is 11.8. The molecule has 0 aromatic heterocycles. The van der Waals surface area contributed by atoms with Crippen molar-refractivity contribution >= 4 is 17.1 Å². The van der Waals surface area contributed by atoms with Crippen molar-refractivity contribution in [1.82, 2.24) is 0 Å². The quantitative estimate of drug-likeness (QED) is 0.762. The van der Waals surface area contributed by atoms with Crippen molar-refractivity contribution in [3.05, 3.63) is 65.7 Å². The van der Waals surface area contributed by atoms with Crippen molar-refractivity contribution in [3.8, 4) is 0 Å². The lowest BCUT2D eigenvalue weighted by atomic mass is 10.0. The molecule has 0 atom stereocenters. The van der Waals surface area contributed by atoms with E-state index in [4.69, 9.17) is 9.98 Å². The molecule has 0 aliphatic carbocycles. The van der Waals surface area contributed by atoms with E-state index >= 15 is 0 Å².